The highest BCUT2D eigenvalue weighted by Crippen LogP contribution is 2.27. The molecule has 1 N–H and O–H groups in total. The Hall–Kier alpha value is -1.21. The lowest BCUT2D eigenvalue weighted by atomic mass is 10.2. The first kappa shape index (κ1) is 13.2. The Balaban J connectivity index is 2.04. The molecule has 0 aliphatic heterocycles. The summed E-state index contributed by atoms with van der Waals surface area (Å²) in [7, 11) is 0. The summed E-state index contributed by atoms with van der Waals surface area (Å²) in [5.74, 6) is 6.62. The number of rotatable bonds is 3. The maximum absolute atomic E-state index is 8.72. The first-order valence-corrected chi connectivity index (χ1v) is 7.51. The molecule has 1 nitrogen and oxygen atoms in total. The fraction of sp³-hybridized carbons (Fsp3) is 0.200. The van der Waals surface area contributed by atoms with Crippen LogP contribution in [0.15, 0.2) is 40.6 Å². The second kappa shape index (κ2) is 6.65. The third-order valence-corrected chi connectivity index (χ3v) is 4.53. The van der Waals surface area contributed by atoms with Crippen molar-refractivity contribution in [3.63, 3.8) is 0 Å². The van der Waals surface area contributed by atoms with E-state index in [4.69, 9.17) is 5.11 Å². The fourth-order valence-electron chi connectivity index (χ4n) is 1.55. The summed E-state index contributed by atoms with van der Waals surface area (Å²) in [6.45, 7) is 2.02. The average Bonchev–Trinajstić information content (AvgIpc) is 2.81. The molecule has 3 heteroatoms. The van der Waals surface area contributed by atoms with E-state index in [9.17, 15) is 0 Å². The van der Waals surface area contributed by atoms with E-state index >= 15 is 0 Å². The minimum absolute atomic E-state index is 0.0830. The Kier molecular flexibility index (Phi) is 4.89. The van der Waals surface area contributed by atoms with Gasteiger partial charge in [0.15, 0.2) is 0 Å². The largest absolute Gasteiger partial charge is 0.384 e. The van der Waals surface area contributed by atoms with Crippen LogP contribution in [0, 0.1) is 18.8 Å². The van der Waals surface area contributed by atoms with Gasteiger partial charge in [-0.25, -0.2) is 0 Å². The van der Waals surface area contributed by atoms with Crippen molar-refractivity contribution in [1.82, 2.24) is 0 Å². The summed E-state index contributed by atoms with van der Waals surface area (Å²) in [6.07, 6.45) is 0. The van der Waals surface area contributed by atoms with E-state index in [-0.39, 0.29) is 6.61 Å². The van der Waals surface area contributed by atoms with Crippen molar-refractivity contribution < 1.29 is 5.11 Å². The van der Waals surface area contributed by atoms with E-state index in [0.29, 0.717) is 0 Å². The second-order valence-corrected chi connectivity index (χ2v) is 5.87. The standard InChI is InChI=1S/C15H14OS2/c1-12-4-2-6-14(10-12)18-11-15-13(5-3-8-16)7-9-17-15/h2,4,6-7,9-10,16H,8,11H2,1H3. The van der Waals surface area contributed by atoms with Crippen molar-refractivity contribution in [2.24, 2.45) is 0 Å². The van der Waals surface area contributed by atoms with Crippen LogP contribution >= 0.6 is 23.1 Å². The van der Waals surface area contributed by atoms with Gasteiger partial charge < -0.3 is 5.11 Å². The Labute approximate surface area is 116 Å². The number of aliphatic hydroxyl groups is 1. The molecule has 0 saturated heterocycles. The zero-order valence-electron chi connectivity index (χ0n) is 10.1. The fourth-order valence-corrected chi connectivity index (χ4v) is 3.51. The monoisotopic (exact) mass is 274 g/mol. The number of hydrogen-bond donors (Lipinski definition) is 1. The lowest BCUT2D eigenvalue weighted by Gasteiger charge is -2.01. The molecule has 0 unspecified atom stereocenters. The first-order valence-electron chi connectivity index (χ1n) is 5.65. The molecule has 0 bridgehead atoms. The molecule has 1 aromatic carbocycles. The molecular weight excluding hydrogens is 260 g/mol. The van der Waals surface area contributed by atoms with Gasteiger partial charge in [-0.05, 0) is 30.5 Å². The van der Waals surface area contributed by atoms with Gasteiger partial charge in [0.2, 0.25) is 0 Å². The summed E-state index contributed by atoms with van der Waals surface area (Å²) in [5.41, 5.74) is 2.32. The van der Waals surface area contributed by atoms with Gasteiger partial charge >= 0.3 is 0 Å². The number of aliphatic hydroxyl groups excluding tert-OH is 1. The third kappa shape index (κ3) is 3.64. The normalized spacial score (nSPS) is 9.89. The lowest BCUT2D eigenvalue weighted by molar-refractivity contribution is 0.350. The molecule has 2 aromatic rings. The maximum atomic E-state index is 8.72. The molecule has 0 saturated carbocycles. The molecular formula is C15H14OS2. The van der Waals surface area contributed by atoms with Crippen LogP contribution in [0.1, 0.15) is 16.0 Å². The van der Waals surface area contributed by atoms with Crippen LogP contribution in [0.25, 0.3) is 0 Å². The highest BCUT2D eigenvalue weighted by molar-refractivity contribution is 7.98. The van der Waals surface area contributed by atoms with Crippen molar-refractivity contribution in [1.29, 1.82) is 0 Å². The summed E-state index contributed by atoms with van der Waals surface area (Å²) in [4.78, 5) is 2.55. The zero-order valence-corrected chi connectivity index (χ0v) is 11.8. The first-order chi connectivity index (χ1) is 8.79. The van der Waals surface area contributed by atoms with Gasteiger partial charge in [-0.2, -0.15) is 0 Å². The van der Waals surface area contributed by atoms with Gasteiger partial charge in [-0.15, -0.1) is 23.1 Å². The molecule has 0 fully saturated rings. The lowest BCUT2D eigenvalue weighted by Crippen LogP contribution is -1.82. The van der Waals surface area contributed by atoms with Crippen LogP contribution < -0.4 is 0 Å². The van der Waals surface area contributed by atoms with Crippen molar-refractivity contribution >= 4 is 23.1 Å². The third-order valence-electron chi connectivity index (χ3n) is 2.41. The van der Waals surface area contributed by atoms with Crippen LogP contribution in [0.4, 0.5) is 0 Å². The number of thiophene rings is 1. The molecule has 0 spiro atoms. The minimum atomic E-state index is -0.0830. The predicted molar refractivity (Wildman–Crippen MR) is 79.0 cm³/mol. The van der Waals surface area contributed by atoms with E-state index in [1.165, 1.54) is 15.3 Å². The maximum Gasteiger partial charge on any atom is 0.104 e. The molecule has 2 rings (SSSR count). The van der Waals surface area contributed by atoms with E-state index in [0.717, 1.165) is 11.3 Å². The van der Waals surface area contributed by atoms with Crippen molar-refractivity contribution in [3.8, 4) is 11.8 Å². The SMILES string of the molecule is Cc1cccc(SCc2sccc2C#CCO)c1. The summed E-state index contributed by atoms with van der Waals surface area (Å²) in [5, 5.41) is 10.8. The summed E-state index contributed by atoms with van der Waals surface area (Å²) in [6, 6.07) is 10.5. The van der Waals surface area contributed by atoms with Gasteiger partial charge in [0, 0.05) is 21.1 Å². The average molecular weight is 274 g/mol. The highest BCUT2D eigenvalue weighted by atomic mass is 32.2. The summed E-state index contributed by atoms with van der Waals surface area (Å²) < 4.78 is 0. The number of benzene rings is 1. The van der Waals surface area contributed by atoms with Gasteiger partial charge in [0.1, 0.15) is 6.61 Å². The van der Waals surface area contributed by atoms with Crippen LogP contribution in [-0.4, -0.2) is 11.7 Å². The molecule has 0 aliphatic rings. The van der Waals surface area contributed by atoms with E-state index in [1.807, 2.05) is 23.2 Å². The second-order valence-electron chi connectivity index (χ2n) is 3.82. The number of aryl methyl sites for hydroxylation is 1. The quantitative estimate of drug-likeness (QED) is 0.680. The van der Waals surface area contributed by atoms with Crippen LogP contribution in [0.5, 0.6) is 0 Å². The van der Waals surface area contributed by atoms with Gasteiger partial charge in [-0.1, -0.05) is 29.5 Å². The minimum Gasteiger partial charge on any atom is -0.384 e. The Morgan fingerprint density at radius 2 is 2.22 bits per heavy atom. The Morgan fingerprint density at radius 1 is 1.33 bits per heavy atom. The molecule has 1 aromatic heterocycles. The van der Waals surface area contributed by atoms with Crippen molar-refractivity contribution in [2.75, 3.05) is 6.61 Å². The molecule has 0 amide bonds. The van der Waals surface area contributed by atoms with Gasteiger partial charge in [-0.3, -0.25) is 0 Å². The molecule has 0 atom stereocenters. The number of hydrogen-bond acceptors (Lipinski definition) is 3. The van der Waals surface area contributed by atoms with Crippen molar-refractivity contribution in [3.05, 3.63) is 51.7 Å². The van der Waals surface area contributed by atoms with Gasteiger partial charge in [0.25, 0.3) is 0 Å². The van der Waals surface area contributed by atoms with E-state index < -0.39 is 0 Å². The zero-order chi connectivity index (χ0) is 12.8. The van der Waals surface area contributed by atoms with Crippen LogP contribution in [0.2, 0.25) is 0 Å². The van der Waals surface area contributed by atoms with Gasteiger partial charge in [0.05, 0.1) is 0 Å². The highest BCUT2D eigenvalue weighted by Gasteiger charge is 2.03. The van der Waals surface area contributed by atoms with Crippen LogP contribution in [-0.2, 0) is 5.75 Å². The molecule has 18 heavy (non-hydrogen) atoms. The van der Waals surface area contributed by atoms with Crippen LogP contribution in [0.3, 0.4) is 0 Å². The van der Waals surface area contributed by atoms with Crippen molar-refractivity contribution in [2.45, 2.75) is 17.6 Å². The summed E-state index contributed by atoms with van der Waals surface area (Å²) >= 11 is 3.54. The smallest absolute Gasteiger partial charge is 0.104 e. The molecule has 1 heterocycles. The van der Waals surface area contributed by atoms with E-state index in [2.05, 4.69) is 43.0 Å². The predicted octanol–water partition coefficient (Wildman–Crippen LogP) is 3.69. The van der Waals surface area contributed by atoms with E-state index in [1.54, 1.807) is 11.3 Å². The molecule has 0 aliphatic carbocycles. The Morgan fingerprint density at radius 3 is 3.00 bits per heavy atom. The molecule has 0 radical (unpaired) electrons. The topological polar surface area (TPSA) is 20.2 Å². The Bertz CT molecular complexity index is 575. The number of thioether (sulfide) groups is 1. The molecule has 92 valence electrons.